The summed E-state index contributed by atoms with van der Waals surface area (Å²) in [5.74, 6) is 1.44. The fourth-order valence-corrected chi connectivity index (χ4v) is 2.82. The van der Waals surface area contributed by atoms with E-state index >= 15 is 0 Å². The summed E-state index contributed by atoms with van der Waals surface area (Å²) in [7, 11) is 4.58. The molecule has 0 atom stereocenters. The molecule has 0 aliphatic heterocycles. The molecule has 0 fully saturated rings. The first-order chi connectivity index (χ1) is 11.0. The third-order valence-electron chi connectivity index (χ3n) is 3.17. The second kappa shape index (κ2) is 7.32. The zero-order chi connectivity index (χ0) is 17.0. The minimum absolute atomic E-state index is 0.276. The van der Waals surface area contributed by atoms with Crippen LogP contribution in [-0.2, 0) is 0 Å². The summed E-state index contributed by atoms with van der Waals surface area (Å²) < 4.78 is 15.8. The molecule has 1 aromatic carbocycles. The van der Waals surface area contributed by atoms with Crippen molar-refractivity contribution >= 4 is 22.9 Å². The fourth-order valence-electron chi connectivity index (χ4n) is 2.01. The van der Waals surface area contributed by atoms with Crippen molar-refractivity contribution < 1.29 is 19.0 Å². The van der Waals surface area contributed by atoms with Gasteiger partial charge in [0.2, 0.25) is 5.75 Å². The topological polar surface area (TPSA) is 69.7 Å². The number of methoxy groups -OCH3 is 3. The van der Waals surface area contributed by atoms with Crippen molar-refractivity contribution in [3.63, 3.8) is 0 Å². The summed E-state index contributed by atoms with van der Waals surface area (Å²) in [6, 6.07) is 3.35. The number of hydrogen-bond donors (Lipinski definition) is 1. The van der Waals surface area contributed by atoms with Crippen LogP contribution >= 0.6 is 11.3 Å². The van der Waals surface area contributed by atoms with Crippen LogP contribution in [0.5, 0.6) is 17.2 Å². The Kier molecular flexibility index (Phi) is 5.44. The number of thiazole rings is 1. The van der Waals surface area contributed by atoms with Gasteiger partial charge in [-0.2, -0.15) is 0 Å². The van der Waals surface area contributed by atoms with Gasteiger partial charge in [0.05, 0.1) is 26.3 Å². The molecule has 124 valence electrons. The van der Waals surface area contributed by atoms with Gasteiger partial charge in [0.15, 0.2) is 11.5 Å². The molecule has 2 aromatic rings. The first kappa shape index (κ1) is 17.1. The Labute approximate surface area is 139 Å². The number of benzene rings is 1. The van der Waals surface area contributed by atoms with E-state index in [9.17, 15) is 4.79 Å². The Bertz CT molecular complexity index is 672. The molecule has 0 bridgehead atoms. The summed E-state index contributed by atoms with van der Waals surface area (Å²) in [4.78, 5) is 16.7. The third-order valence-corrected chi connectivity index (χ3v) is 4.32. The van der Waals surface area contributed by atoms with Crippen molar-refractivity contribution in [3.8, 4) is 17.2 Å². The number of carbonyl (C=O) groups excluding carboxylic acids is 1. The van der Waals surface area contributed by atoms with E-state index in [1.54, 1.807) is 17.5 Å². The number of anilines is 1. The van der Waals surface area contributed by atoms with E-state index in [1.807, 2.05) is 13.8 Å². The van der Waals surface area contributed by atoms with Crippen LogP contribution < -0.4 is 19.5 Å². The highest BCUT2D eigenvalue weighted by molar-refractivity contribution is 7.09. The predicted octanol–water partition coefficient (Wildman–Crippen LogP) is 3.54. The van der Waals surface area contributed by atoms with E-state index in [0.29, 0.717) is 34.5 Å². The van der Waals surface area contributed by atoms with E-state index in [4.69, 9.17) is 14.2 Å². The van der Waals surface area contributed by atoms with Crippen molar-refractivity contribution in [3.05, 3.63) is 28.2 Å². The second-order valence-electron chi connectivity index (χ2n) is 5.09. The van der Waals surface area contributed by atoms with Gasteiger partial charge in [0.25, 0.3) is 5.91 Å². The molecular weight excluding hydrogens is 316 g/mol. The molecule has 7 heteroatoms. The molecule has 23 heavy (non-hydrogen) atoms. The number of nitrogens with zero attached hydrogens (tertiary/aromatic N) is 1. The lowest BCUT2D eigenvalue weighted by molar-refractivity contribution is 0.102. The Morgan fingerprint density at radius 1 is 1.13 bits per heavy atom. The molecule has 0 spiro atoms. The maximum atomic E-state index is 12.3. The van der Waals surface area contributed by atoms with E-state index in [1.165, 1.54) is 32.7 Å². The summed E-state index contributed by atoms with van der Waals surface area (Å²) in [6.07, 6.45) is 0. The highest BCUT2D eigenvalue weighted by atomic mass is 32.1. The molecule has 0 saturated heterocycles. The minimum atomic E-state index is -0.276. The van der Waals surface area contributed by atoms with Crippen LogP contribution in [0.3, 0.4) is 0 Å². The first-order valence-electron chi connectivity index (χ1n) is 7.07. The van der Waals surface area contributed by atoms with Gasteiger partial charge in [-0.1, -0.05) is 13.8 Å². The van der Waals surface area contributed by atoms with Gasteiger partial charge in [-0.3, -0.25) is 4.79 Å². The van der Waals surface area contributed by atoms with Crippen LogP contribution in [0.4, 0.5) is 5.69 Å². The monoisotopic (exact) mass is 336 g/mol. The van der Waals surface area contributed by atoms with E-state index in [-0.39, 0.29) is 5.91 Å². The highest BCUT2D eigenvalue weighted by Gasteiger charge is 2.17. The quantitative estimate of drug-likeness (QED) is 0.873. The third kappa shape index (κ3) is 3.73. The predicted molar refractivity (Wildman–Crippen MR) is 90.3 cm³/mol. The van der Waals surface area contributed by atoms with Crippen LogP contribution in [0.25, 0.3) is 0 Å². The number of ether oxygens (including phenoxy) is 3. The van der Waals surface area contributed by atoms with Crippen molar-refractivity contribution in [2.24, 2.45) is 0 Å². The smallest absolute Gasteiger partial charge is 0.275 e. The van der Waals surface area contributed by atoms with Crippen LogP contribution in [0.15, 0.2) is 17.5 Å². The van der Waals surface area contributed by atoms with Crippen molar-refractivity contribution in [2.45, 2.75) is 19.8 Å². The van der Waals surface area contributed by atoms with Crippen molar-refractivity contribution in [1.29, 1.82) is 0 Å². The number of rotatable bonds is 6. The lowest BCUT2D eigenvalue weighted by Gasteiger charge is -2.14. The average molecular weight is 336 g/mol. The molecule has 1 amide bonds. The van der Waals surface area contributed by atoms with Gasteiger partial charge < -0.3 is 19.5 Å². The summed E-state index contributed by atoms with van der Waals surface area (Å²) in [6.45, 7) is 4.08. The molecule has 6 nitrogen and oxygen atoms in total. The molecule has 0 aliphatic rings. The zero-order valence-corrected chi connectivity index (χ0v) is 14.6. The fraction of sp³-hybridized carbons (Fsp3) is 0.375. The second-order valence-corrected chi connectivity index (χ2v) is 5.98. The zero-order valence-electron chi connectivity index (χ0n) is 13.8. The molecule has 0 aliphatic carbocycles. The van der Waals surface area contributed by atoms with Gasteiger partial charge in [-0.15, -0.1) is 11.3 Å². The molecule has 2 rings (SSSR count). The molecule has 1 N–H and O–H groups in total. The number of hydrogen-bond acceptors (Lipinski definition) is 6. The Morgan fingerprint density at radius 3 is 2.17 bits per heavy atom. The van der Waals surface area contributed by atoms with E-state index < -0.39 is 0 Å². The largest absolute Gasteiger partial charge is 0.493 e. The van der Waals surface area contributed by atoms with Crippen LogP contribution in [0, 0.1) is 0 Å². The Hall–Kier alpha value is -2.28. The van der Waals surface area contributed by atoms with Crippen molar-refractivity contribution in [1.82, 2.24) is 4.98 Å². The molecule has 0 radical (unpaired) electrons. The molecule has 0 unspecified atom stereocenters. The number of carbonyl (C=O) groups is 1. The van der Waals surface area contributed by atoms with Gasteiger partial charge in [-0.25, -0.2) is 4.98 Å². The average Bonchev–Trinajstić information content (AvgIpc) is 3.04. The summed E-state index contributed by atoms with van der Waals surface area (Å²) in [5.41, 5.74) is 0.941. The Balaban J connectivity index is 2.26. The molecular formula is C16H20N2O4S. The number of aromatic nitrogens is 1. The minimum Gasteiger partial charge on any atom is -0.493 e. The lowest BCUT2D eigenvalue weighted by atomic mass is 10.2. The van der Waals surface area contributed by atoms with Gasteiger partial charge in [0, 0.05) is 29.1 Å². The van der Waals surface area contributed by atoms with Crippen LogP contribution in [-0.4, -0.2) is 32.2 Å². The number of nitrogens with one attached hydrogen (secondary N) is 1. The Morgan fingerprint density at radius 2 is 1.74 bits per heavy atom. The molecule has 0 saturated carbocycles. The SMILES string of the molecule is COc1cc(NC(=O)c2csc(C(C)C)n2)cc(OC)c1OC. The highest BCUT2D eigenvalue weighted by Crippen LogP contribution is 2.40. The van der Waals surface area contributed by atoms with Crippen LogP contribution in [0.1, 0.15) is 35.3 Å². The van der Waals surface area contributed by atoms with E-state index in [2.05, 4.69) is 10.3 Å². The maximum Gasteiger partial charge on any atom is 0.275 e. The standard InChI is InChI=1S/C16H20N2O4S/c1-9(2)16-18-11(8-23-16)15(19)17-10-6-12(20-3)14(22-5)13(7-10)21-4/h6-9H,1-5H3,(H,17,19). The van der Waals surface area contributed by atoms with Crippen LogP contribution in [0.2, 0.25) is 0 Å². The normalized spacial score (nSPS) is 10.5. The maximum absolute atomic E-state index is 12.3. The first-order valence-corrected chi connectivity index (χ1v) is 7.94. The van der Waals surface area contributed by atoms with Gasteiger partial charge >= 0.3 is 0 Å². The van der Waals surface area contributed by atoms with Gasteiger partial charge in [-0.05, 0) is 0 Å². The lowest BCUT2D eigenvalue weighted by Crippen LogP contribution is -2.13. The summed E-state index contributed by atoms with van der Waals surface area (Å²) >= 11 is 1.48. The van der Waals surface area contributed by atoms with E-state index in [0.717, 1.165) is 5.01 Å². The van der Waals surface area contributed by atoms with Gasteiger partial charge in [0.1, 0.15) is 5.69 Å². The summed E-state index contributed by atoms with van der Waals surface area (Å²) in [5, 5.41) is 5.48. The van der Waals surface area contributed by atoms with Crippen molar-refractivity contribution in [2.75, 3.05) is 26.6 Å². The number of amides is 1. The molecule has 1 aromatic heterocycles. The molecule has 1 heterocycles.